The van der Waals surface area contributed by atoms with E-state index in [2.05, 4.69) is 6.07 Å². The molecule has 2 aromatic rings. The number of halogens is 2. The highest BCUT2D eigenvalue weighted by Gasteiger charge is 2.38. The molecule has 5 heteroatoms. The van der Waals surface area contributed by atoms with Gasteiger partial charge in [0.05, 0.1) is 21.7 Å². The van der Waals surface area contributed by atoms with Crippen LogP contribution in [0.25, 0.3) is 0 Å². The average Bonchev–Trinajstić information content (AvgIpc) is 2.82. The van der Waals surface area contributed by atoms with Gasteiger partial charge >= 0.3 is 0 Å². The molecule has 0 fully saturated rings. The summed E-state index contributed by atoms with van der Waals surface area (Å²) in [5.41, 5.74) is 2.11. The standard InChI is InChI=1S/C17H12Cl2N2O/c18-13-7-6-12-14(10-20)21(17(22)15(12)16(13)19)9-8-11-4-2-1-3-5-11/h1-7,14H,8-9H2. The molecule has 3 nitrogen and oxygen atoms in total. The molecule has 0 spiro atoms. The highest BCUT2D eigenvalue weighted by molar-refractivity contribution is 6.44. The SMILES string of the molecule is N#CC1c2ccc(Cl)c(Cl)c2C(=O)N1CCc1ccccc1. The van der Waals surface area contributed by atoms with E-state index >= 15 is 0 Å². The maximum absolute atomic E-state index is 12.6. The molecule has 0 aromatic heterocycles. The second kappa shape index (κ2) is 6.00. The van der Waals surface area contributed by atoms with E-state index in [9.17, 15) is 10.1 Å². The normalized spacial score (nSPS) is 16.5. The summed E-state index contributed by atoms with van der Waals surface area (Å²) in [6, 6.07) is 14.8. The maximum atomic E-state index is 12.6. The molecule has 0 saturated carbocycles. The van der Waals surface area contributed by atoms with Gasteiger partial charge in [0.1, 0.15) is 6.04 Å². The van der Waals surface area contributed by atoms with Gasteiger partial charge in [-0.05, 0) is 18.1 Å². The molecule has 1 atom stereocenters. The van der Waals surface area contributed by atoms with E-state index in [1.54, 1.807) is 17.0 Å². The zero-order valence-electron chi connectivity index (χ0n) is 11.6. The minimum absolute atomic E-state index is 0.228. The van der Waals surface area contributed by atoms with Crippen LogP contribution in [0.15, 0.2) is 42.5 Å². The first-order valence-corrected chi connectivity index (χ1v) is 7.61. The van der Waals surface area contributed by atoms with Crippen LogP contribution in [0.1, 0.15) is 27.5 Å². The van der Waals surface area contributed by atoms with Crippen LogP contribution in [-0.2, 0) is 6.42 Å². The summed E-state index contributed by atoms with van der Waals surface area (Å²) in [6.07, 6.45) is 0.685. The van der Waals surface area contributed by atoms with E-state index in [0.717, 1.165) is 5.56 Å². The molecule has 1 aliphatic rings. The van der Waals surface area contributed by atoms with Crippen LogP contribution in [0.5, 0.6) is 0 Å². The van der Waals surface area contributed by atoms with Crippen LogP contribution < -0.4 is 0 Å². The van der Waals surface area contributed by atoms with E-state index in [-0.39, 0.29) is 10.9 Å². The fourth-order valence-electron chi connectivity index (χ4n) is 2.70. The van der Waals surface area contributed by atoms with E-state index in [1.807, 2.05) is 30.3 Å². The maximum Gasteiger partial charge on any atom is 0.257 e. The van der Waals surface area contributed by atoms with Crippen molar-refractivity contribution < 1.29 is 4.79 Å². The first-order chi connectivity index (χ1) is 10.6. The molecule has 2 aromatic carbocycles. The second-order valence-corrected chi connectivity index (χ2v) is 5.88. The third kappa shape index (κ3) is 2.45. The molecule has 0 radical (unpaired) electrons. The molecule has 0 bridgehead atoms. The minimum atomic E-state index is -0.610. The Bertz CT molecular complexity index is 768. The Morgan fingerprint density at radius 2 is 1.86 bits per heavy atom. The highest BCUT2D eigenvalue weighted by atomic mass is 35.5. The molecule has 0 N–H and O–H groups in total. The topological polar surface area (TPSA) is 44.1 Å². The average molecular weight is 331 g/mol. The number of nitriles is 1. The predicted molar refractivity (Wildman–Crippen MR) is 86.0 cm³/mol. The minimum Gasteiger partial charge on any atom is -0.318 e. The van der Waals surface area contributed by atoms with Crippen LogP contribution in [0.2, 0.25) is 10.0 Å². The lowest BCUT2D eigenvalue weighted by molar-refractivity contribution is 0.0760. The van der Waals surface area contributed by atoms with Gasteiger partial charge in [-0.15, -0.1) is 0 Å². The summed E-state index contributed by atoms with van der Waals surface area (Å²) in [6.45, 7) is 0.462. The number of hydrogen-bond acceptors (Lipinski definition) is 2. The zero-order valence-corrected chi connectivity index (χ0v) is 13.1. The predicted octanol–water partition coefficient (Wildman–Crippen LogP) is 4.26. The van der Waals surface area contributed by atoms with Gasteiger partial charge in [-0.2, -0.15) is 5.26 Å². The lowest BCUT2D eigenvalue weighted by atomic mass is 10.1. The first kappa shape index (κ1) is 14.9. The van der Waals surface area contributed by atoms with Crippen molar-refractivity contribution in [1.29, 1.82) is 5.26 Å². The highest BCUT2D eigenvalue weighted by Crippen LogP contribution is 2.40. The third-order valence-corrected chi connectivity index (χ3v) is 4.62. The van der Waals surface area contributed by atoms with Crippen molar-refractivity contribution in [3.63, 3.8) is 0 Å². The number of nitrogens with zero attached hydrogens (tertiary/aromatic N) is 2. The summed E-state index contributed by atoms with van der Waals surface area (Å²) < 4.78 is 0. The summed E-state index contributed by atoms with van der Waals surface area (Å²) in [4.78, 5) is 14.1. The third-order valence-electron chi connectivity index (χ3n) is 3.81. The van der Waals surface area contributed by atoms with Crippen molar-refractivity contribution >= 4 is 29.1 Å². The molecule has 1 amide bonds. The van der Waals surface area contributed by atoms with Gasteiger partial charge in [0.25, 0.3) is 5.91 Å². The van der Waals surface area contributed by atoms with Crippen LogP contribution in [-0.4, -0.2) is 17.4 Å². The monoisotopic (exact) mass is 330 g/mol. The van der Waals surface area contributed by atoms with E-state index < -0.39 is 6.04 Å². The Balaban J connectivity index is 1.89. The van der Waals surface area contributed by atoms with Gasteiger partial charge in [0.15, 0.2) is 0 Å². The largest absolute Gasteiger partial charge is 0.318 e. The first-order valence-electron chi connectivity index (χ1n) is 6.86. The molecule has 3 rings (SSSR count). The smallest absolute Gasteiger partial charge is 0.257 e. The van der Waals surface area contributed by atoms with Gasteiger partial charge in [0.2, 0.25) is 0 Å². The Kier molecular flexibility index (Phi) is 4.06. The van der Waals surface area contributed by atoms with Gasteiger partial charge in [-0.1, -0.05) is 59.6 Å². The molecule has 0 saturated heterocycles. The summed E-state index contributed by atoms with van der Waals surface area (Å²) >= 11 is 12.1. The Hall–Kier alpha value is -2.02. The Morgan fingerprint density at radius 3 is 2.55 bits per heavy atom. The second-order valence-electron chi connectivity index (χ2n) is 5.09. The molecule has 1 heterocycles. The summed E-state index contributed by atoms with van der Waals surface area (Å²) in [7, 11) is 0. The summed E-state index contributed by atoms with van der Waals surface area (Å²) in [5, 5.41) is 10.00. The Morgan fingerprint density at radius 1 is 1.14 bits per heavy atom. The van der Waals surface area contributed by atoms with Gasteiger partial charge in [-0.3, -0.25) is 4.79 Å². The zero-order chi connectivity index (χ0) is 15.7. The van der Waals surface area contributed by atoms with Gasteiger partial charge in [-0.25, -0.2) is 0 Å². The van der Waals surface area contributed by atoms with Crippen molar-refractivity contribution in [3.8, 4) is 6.07 Å². The van der Waals surface area contributed by atoms with Crippen molar-refractivity contribution in [1.82, 2.24) is 4.90 Å². The number of amides is 1. The van der Waals surface area contributed by atoms with Gasteiger partial charge in [0, 0.05) is 12.1 Å². The number of hydrogen-bond donors (Lipinski definition) is 0. The number of benzene rings is 2. The molecule has 22 heavy (non-hydrogen) atoms. The van der Waals surface area contributed by atoms with E-state index in [0.29, 0.717) is 29.1 Å². The Labute approximate surface area is 138 Å². The van der Waals surface area contributed by atoms with Crippen molar-refractivity contribution in [2.75, 3.05) is 6.54 Å². The molecule has 110 valence electrons. The number of fused-ring (bicyclic) bond motifs is 1. The van der Waals surface area contributed by atoms with E-state index in [1.165, 1.54) is 0 Å². The van der Waals surface area contributed by atoms with Crippen molar-refractivity contribution in [3.05, 3.63) is 69.2 Å². The molecular weight excluding hydrogens is 319 g/mol. The van der Waals surface area contributed by atoms with Crippen molar-refractivity contribution in [2.45, 2.75) is 12.5 Å². The fourth-order valence-corrected chi connectivity index (χ4v) is 3.11. The lowest BCUT2D eigenvalue weighted by Gasteiger charge is -2.19. The molecule has 1 unspecified atom stereocenters. The van der Waals surface area contributed by atoms with Crippen LogP contribution >= 0.6 is 23.2 Å². The van der Waals surface area contributed by atoms with Crippen LogP contribution in [0, 0.1) is 11.3 Å². The lowest BCUT2D eigenvalue weighted by Crippen LogP contribution is -2.29. The summed E-state index contributed by atoms with van der Waals surface area (Å²) in [5.74, 6) is -0.231. The van der Waals surface area contributed by atoms with E-state index in [4.69, 9.17) is 23.2 Å². The van der Waals surface area contributed by atoms with Crippen LogP contribution in [0.3, 0.4) is 0 Å². The van der Waals surface area contributed by atoms with Gasteiger partial charge < -0.3 is 4.90 Å². The quantitative estimate of drug-likeness (QED) is 0.844. The number of carbonyl (C=O) groups is 1. The van der Waals surface area contributed by atoms with Crippen molar-refractivity contribution in [2.24, 2.45) is 0 Å². The number of carbonyl (C=O) groups excluding carboxylic acids is 1. The molecular formula is C17H12Cl2N2O. The molecule has 1 aliphatic heterocycles. The fraction of sp³-hybridized carbons (Fsp3) is 0.176. The van der Waals surface area contributed by atoms with Crippen LogP contribution in [0.4, 0.5) is 0 Å². The molecule has 0 aliphatic carbocycles. The number of rotatable bonds is 3.